The van der Waals surface area contributed by atoms with Gasteiger partial charge < -0.3 is 14.9 Å². The molecular weight excluding hydrogens is 298 g/mol. The maximum absolute atomic E-state index is 9.10. The first-order valence-corrected chi connectivity index (χ1v) is 6.66. The Kier molecular flexibility index (Phi) is 6.63. The fourth-order valence-corrected chi connectivity index (χ4v) is 2.17. The Labute approximate surface area is 116 Å². The average Bonchev–Trinajstić information content (AvgIpc) is 2.38. The van der Waals surface area contributed by atoms with Crippen LogP contribution in [0.15, 0.2) is 22.7 Å². The van der Waals surface area contributed by atoms with Gasteiger partial charge in [-0.25, -0.2) is 0 Å². The molecule has 1 aromatic rings. The van der Waals surface area contributed by atoms with Crippen LogP contribution >= 0.6 is 15.9 Å². The minimum atomic E-state index is -0.205. The van der Waals surface area contributed by atoms with Crippen LogP contribution in [-0.2, 0) is 6.42 Å². The van der Waals surface area contributed by atoms with Crippen LogP contribution in [0.25, 0.3) is 0 Å². The van der Waals surface area contributed by atoms with E-state index >= 15 is 0 Å². The highest BCUT2D eigenvalue weighted by atomic mass is 79.9. The molecule has 0 radical (unpaired) electrons. The molecule has 0 saturated carbocycles. The van der Waals surface area contributed by atoms with Crippen molar-refractivity contribution < 1.29 is 14.9 Å². The topological polar surface area (TPSA) is 52.9 Å². The van der Waals surface area contributed by atoms with E-state index < -0.39 is 0 Å². The van der Waals surface area contributed by atoms with Crippen molar-refractivity contribution in [2.75, 3.05) is 33.9 Å². The molecule has 0 heterocycles. The normalized spacial score (nSPS) is 11.3. The highest BCUT2D eigenvalue weighted by Crippen LogP contribution is 2.23. The summed E-state index contributed by atoms with van der Waals surface area (Å²) < 4.78 is 6.32. The third-order valence-corrected chi connectivity index (χ3v) is 3.51. The smallest absolute Gasteiger partial charge is 0.122 e. The van der Waals surface area contributed by atoms with Gasteiger partial charge in [0, 0.05) is 11.0 Å². The molecule has 0 atom stereocenters. The predicted molar refractivity (Wildman–Crippen MR) is 75.0 cm³/mol. The highest BCUT2D eigenvalue weighted by molar-refractivity contribution is 9.10. The predicted octanol–water partition coefficient (Wildman–Crippen LogP) is 1.29. The quantitative estimate of drug-likeness (QED) is 0.795. The fraction of sp³-hybridized carbons (Fsp3) is 0.538. The lowest BCUT2D eigenvalue weighted by Gasteiger charge is -2.24. The van der Waals surface area contributed by atoms with Gasteiger partial charge in [0.25, 0.3) is 0 Å². The van der Waals surface area contributed by atoms with Gasteiger partial charge in [0.1, 0.15) is 5.75 Å². The van der Waals surface area contributed by atoms with E-state index in [1.807, 2.05) is 30.1 Å². The van der Waals surface area contributed by atoms with E-state index in [0.29, 0.717) is 0 Å². The maximum atomic E-state index is 9.10. The van der Waals surface area contributed by atoms with E-state index in [0.717, 1.165) is 28.8 Å². The second-order valence-electron chi connectivity index (χ2n) is 4.21. The summed E-state index contributed by atoms with van der Waals surface area (Å²) in [4.78, 5) is 1.94. The van der Waals surface area contributed by atoms with Crippen molar-refractivity contribution >= 4 is 15.9 Å². The summed E-state index contributed by atoms with van der Waals surface area (Å²) in [6.45, 7) is 0.670. The molecule has 0 unspecified atom stereocenters. The van der Waals surface area contributed by atoms with Gasteiger partial charge in [0.05, 0.1) is 26.4 Å². The zero-order valence-electron chi connectivity index (χ0n) is 10.8. The third-order valence-electron chi connectivity index (χ3n) is 3.02. The van der Waals surface area contributed by atoms with Crippen LogP contribution in [0.3, 0.4) is 0 Å². The summed E-state index contributed by atoms with van der Waals surface area (Å²) in [6.07, 6.45) is 0.801. The number of nitrogens with zero attached hydrogens (tertiary/aromatic N) is 1. The van der Waals surface area contributed by atoms with E-state index in [1.165, 1.54) is 0 Å². The molecule has 1 rings (SSSR count). The lowest BCUT2D eigenvalue weighted by atomic mass is 10.1. The second kappa shape index (κ2) is 7.74. The largest absolute Gasteiger partial charge is 0.496 e. The van der Waals surface area contributed by atoms with Crippen molar-refractivity contribution in [2.24, 2.45) is 0 Å². The maximum Gasteiger partial charge on any atom is 0.122 e. The Morgan fingerprint density at radius 1 is 1.33 bits per heavy atom. The Balaban J connectivity index is 2.65. The Hall–Kier alpha value is -0.620. The molecule has 0 saturated heterocycles. The first-order valence-electron chi connectivity index (χ1n) is 5.86. The molecule has 1 aromatic carbocycles. The minimum Gasteiger partial charge on any atom is -0.496 e. The molecule has 18 heavy (non-hydrogen) atoms. The SMILES string of the molecule is COc1ccc(Br)cc1CCN(C)C(CO)CO. The van der Waals surface area contributed by atoms with Crippen LogP contribution in [0.1, 0.15) is 5.56 Å². The number of methoxy groups -OCH3 is 1. The molecule has 0 aromatic heterocycles. The van der Waals surface area contributed by atoms with Gasteiger partial charge in [0.2, 0.25) is 0 Å². The molecule has 0 amide bonds. The number of rotatable bonds is 7. The Morgan fingerprint density at radius 2 is 2.00 bits per heavy atom. The van der Waals surface area contributed by atoms with Gasteiger partial charge in [-0.2, -0.15) is 0 Å². The van der Waals surface area contributed by atoms with Crippen molar-refractivity contribution in [1.29, 1.82) is 0 Å². The van der Waals surface area contributed by atoms with Gasteiger partial charge in [0.15, 0.2) is 0 Å². The molecule has 0 spiro atoms. The number of aliphatic hydroxyl groups excluding tert-OH is 2. The van der Waals surface area contributed by atoms with Gasteiger partial charge in [-0.05, 0) is 37.2 Å². The van der Waals surface area contributed by atoms with Crippen molar-refractivity contribution in [3.05, 3.63) is 28.2 Å². The molecule has 0 bridgehead atoms. The number of aliphatic hydroxyl groups is 2. The van der Waals surface area contributed by atoms with Crippen LogP contribution in [0.2, 0.25) is 0 Å². The summed E-state index contributed by atoms with van der Waals surface area (Å²) >= 11 is 3.44. The van der Waals surface area contributed by atoms with Gasteiger partial charge in [-0.1, -0.05) is 15.9 Å². The van der Waals surface area contributed by atoms with Crippen molar-refractivity contribution in [3.8, 4) is 5.75 Å². The standard InChI is InChI=1S/C13H20BrNO3/c1-15(12(8-16)9-17)6-5-10-7-11(14)3-4-13(10)18-2/h3-4,7,12,16-17H,5-6,8-9H2,1-2H3. The Bertz CT molecular complexity index is 369. The summed E-state index contributed by atoms with van der Waals surface area (Å²) in [6, 6.07) is 5.69. The van der Waals surface area contributed by atoms with Crippen molar-refractivity contribution in [3.63, 3.8) is 0 Å². The summed E-state index contributed by atoms with van der Waals surface area (Å²) in [7, 11) is 3.54. The van der Waals surface area contributed by atoms with Gasteiger partial charge in [-0.15, -0.1) is 0 Å². The zero-order chi connectivity index (χ0) is 13.5. The number of hydrogen-bond donors (Lipinski definition) is 2. The summed E-state index contributed by atoms with van der Waals surface area (Å²) in [5.41, 5.74) is 1.10. The molecule has 2 N–H and O–H groups in total. The molecule has 0 fully saturated rings. The van der Waals surface area contributed by atoms with Gasteiger partial charge >= 0.3 is 0 Å². The number of ether oxygens (including phenoxy) is 1. The minimum absolute atomic E-state index is 0.0391. The number of likely N-dealkylation sites (N-methyl/N-ethyl adjacent to an activating group) is 1. The van der Waals surface area contributed by atoms with Crippen LogP contribution in [-0.4, -0.2) is 55.1 Å². The van der Waals surface area contributed by atoms with E-state index in [4.69, 9.17) is 14.9 Å². The molecule has 5 heteroatoms. The first kappa shape index (κ1) is 15.4. The lowest BCUT2D eigenvalue weighted by Crippen LogP contribution is -2.38. The Morgan fingerprint density at radius 3 is 2.56 bits per heavy atom. The number of halogens is 1. The lowest BCUT2D eigenvalue weighted by molar-refractivity contribution is 0.0924. The third kappa shape index (κ3) is 4.24. The van der Waals surface area contributed by atoms with Crippen LogP contribution in [0, 0.1) is 0 Å². The number of benzene rings is 1. The molecule has 102 valence electrons. The van der Waals surface area contributed by atoms with E-state index in [9.17, 15) is 0 Å². The summed E-state index contributed by atoms with van der Waals surface area (Å²) in [5, 5.41) is 18.2. The van der Waals surface area contributed by atoms with E-state index in [2.05, 4.69) is 15.9 Å². The van der Waals surface area contributed by atoms with E-state index in [1.54, 1.807) is 7.11 Å². The fourth-order valence-electron chi connectivity index (χ4n) is 1.76. The van der Waals surface area contributed by atoms with Crippen LogP contribution < -0.4 is 4.74 Å². The molecule has 0 aliphatic heterocycles. The number of hydrogen-bond acceptors (Lipinski definition) is 4. The van der Waals surface area contributed by atoms with Gasteiger partial charge in [-0.3, -0.25) is 4.90 Å². The second-order valence-corrected chi connectivity index (χ2v) is 5.12. The molecule has 0 aliphatic carbocycles. The van der Waals surface area contributed by atoms with E-state index in [-0.39, 0.29) is 19.3 Å². The first-order chi connectivity index (χ1) is 8.62. The van der Waals surface area contributed by atoms with Crippen molar-refractivity contribution in [1.82, 2.24) is 4.90 Å². The van der Waals surface area contributed by atoms with Crippen LogP contribution in [0.4, 0.5) is 0 Å². The molecule has 4 nitrogen and oxygen atoms in total. The highest BCUT2D eigenvalue weighted by Gasteiger charge is 2.13. The van der Waals surface area contributed by atoms with Crippen LogP contribution in [0.5, 0.6) is 5.75 Å². The zero-order valence-corrected chi connectivity index (χ0v) is 12.4. The van der Waals surface area contributed by atoms with Crippen molar-refractivity contribution in [2.45, 2.75) is 12.5 Å². The summed E-state index contributed by atoms with van der Waals surface area (Å²) in [5.74, 6) is 0.858. The average molecular weight is 318 g/mol. The monoisotopic (exact) mass is 317 g/mol. The molecular formula is C13H20BrNO3. The molecule has 0 aliphatic rings.